The standard InChI is InChI=1S/C20H26F3N5O/c1-14-12-15(2)28(25-14)7-6-19(29)24-18-5-4-16(13-17(18)20(21,22)23)27-10-8-26(3)9-11-27/h4-5,12-13H,6-11H2,1-3H3,(H,24,29). The highest BCUT2D eigenvalue weighted by Gasteiger charge is 2.35. The van der Waals surface area contributed by atoms with Gasteiger partial charge in [-0.15, -0.1) is 0 Å². The Morgan fingerprint density at radius 2 is 1.83 bits per heavy atom. The van der Waals surface area contributed by atoms with Crippen LogP contribution in [0.2, 0.25) is 0 Å². The van der Waals surface area contributed by atoms with Crippen LogP contribution < -0.4 is 10.2 Å². The van der Waals surface area contributed by atoms with Crippen molar-refractivity contribution in [3.8, 4) is 0 Å². The Morgan fingerprint density at radius 3 is 2.41 bits per heavy atom. The molecule has 0 radical (unpaired) electrons. The van der Waals surface area contributed by atoms with Crippen LogP contribution >= 0.6 is 0 Å². The lowest BCUT2D eigenvalue weighted by Gasteiger charge is -2.34. The van der Waals surface area contributed by atoms with Crippen molar-refractivity contribution in [3.05, 3.63) is 41.2 Å². The van der Waals surface area contributed by atoms with Crippen molar-refractivity contribution in [1.82, 2.24) is 14.7 Å². The van der Waals surface area contributed by atoms with Gasteiger partial charge in [0.25, 0.3) is 0 Å². The molecular weight excluding hydrogens is 383 g/mol. The molecule has 2 aromatic rings. The van der Waals surface area contributed by atoms with Crippen molar-refractivity contribution >= 4 is 17.3 Å². The number of hydrogen-bond acceptors (Lipinski definition) is 4. The summed E-state index contributed by atoms with van der Waals surface area (Å²) in [7, 11) is 1.99. The molecule has 1 amide bonds. The summed E-state index contributed by atoms with van der Waals surface area (Å²) in [6.45, 7) is 6.96. The van der Waals surface area contributed by atoms with Crippen LogP contribution in [0, 0.1) is 13.8 Å². The Kier molecular flexibility index (Phi) is 6.16. The van der Waals surface area contributed by atoms with E-state index < -0.39 is 17.6 Å². The second-order valence-electron chi connectivity index (χ2n) is 7.47. The lowest BCUT2D eigenvalue weighted by molar-refractivity contribution is -0.136. The zero-order valence-electron chi connectivity index (χ0n) is 16.9. The lowest BCUT2D eigenvalue weighted by Crippen LogP contribution is -2.44. The molecule has 1 aromatic heterocycles. The van der Waals surface area contributed by atoms with Crippen LogP contribution in [0.25, 0.3) is 0 Å². The summed E-state index contributed by atoms with van der Waals surface area (Å²) in [6.07, 6.45) is -4.51. The molecule has 0 saturated carbocycles. The topological polar surface area (TPSA) is 53.4 Å². The van der Waals surface area contributed by atoms with Crippen LogP contribution in [0.3, 0.4) is 0 Å². The van der Waals surface area contributed by atoms with Crippen molar-refractivity contribution in [2.24, 2.45) is 0 Å². The zero-order chi connectivity index (χ0) is 21.2. The van der Waals surface area contributed by atoms with Gasteiger partial charge in [-0.1, -0.05) is 0 Å². The second-order valence-corrected chi connectivity index (χ2v) is 7.47. The van der Waals surface area contributed by atoms with Gasteiger partial charge in [-0.3, -0.25) is 9.48 Å². The van der Waals surface area contributed by atoms with E-state index in [0.717, 1.165) is 30.5 Å². The lowest BCUT2D eigenvalue weighted by atomic mass is 10.1. The summed E-state index contributed by atoms with van der Waals surface area (Å²) in [5.41, 5.74) is 1.22. The number of halogens is 3. The van der Waals surface area contributed by atoms with Crippen molar-refractivity contribution in [2.75, 3.05) is 43.4 Å². The Balaban J connectivity index is 1.72. The molecule has 9 heteroatoms. The normalized spacial score (nSPS) is 15.6. The van der Waals surface area contributed by atoms with E-state index >= 15 is 0 Å². The summed E-state index contributed by atoms with van der Waals surface area (Å²) in [5, 5.41) is 6.69. The highest BCUT2D eigenvalue weighted by atomic mass is 19.4. The third-order valence-corrected chi connectivity index (χ3v) is 5.11. The minimum Gasteiger partial charge on any atom is -0.369 e. The summed E-state index contributed by atoms with van der Waals surface area (Å²) in [4.78, 5) is 16.3. The number of aromatic nitrogens is 2. The van der Waals surface area contributed by atoms with E-state index in [4.69, 9.17) is 0 Å². The van der Waals surface area contributed by atoms with Crippen molar-refractivity contribution < 1.29 is 18.0 Å². The van der Waals surface area contributed by atoms with E-state index in [1.165, 1.54) is 6.07 Å². The fourth-order valence-corrected chi connectivity index (χ4v) is 3.46. The van der Waals surface area contributed by atoms with Gasteiger partial charge in [0.2, 0.25) is 5.91 Å². The number of carbonyl (C=O) groups excluding carboxylic acids is 1. The Bertz CT molecular complexity index is 869. The number of aryl methyl sites for hydroxylation is 3. The van der Waals surface area contributed by atoms with Crippen LogP contribution in [-0.4, -0.2) is 53.8 Å². The first-order chi connectivity index (χ1) is 13.6. The number of nitrogens with zero attached hydrogens (tertiary/aromatic N) is 4. The van der Waals surface area contributed by atoms with Crippen molar-refractivity contribution in [2.45, 2.75) is 33.0 Å². The predicted molar refractivity (Wildman–Crippen MR) is 106 cm³/mol. The van der Waals surface area contributed by atoms with Crippen LogP contribution in [-0.2, 0) is 17.5 Å². The van der Waals surface area contributed by atoms with Crippen LogP contribution in [0.4, 0.5) is 24.5 Å². The zero-order valence-corrected chi connectivity index (χ0v) is 16.9. The maximum Gasteiger partial charge on any atom is 0.418 e. The number of rotatable bonds is 5. The van der Waals surface area contributed by atoms with Gasteiger partial charge in [0, 0.05) is 50.5 Å². The van der Waals surface area contributed by atoms with Crippen molar-refractivity contribution in [3.63, 3.8) is 0 Å². The number of hydrogen-bond donors (Lipinski definition) is 1. The van der Waals surface area contributed by atoms with Gasteiger partial charge in [-0.2, -0.15) is 18.3 Å². The molecule has 0 unspecified atom stereocenters. The number of piperazine rings is 1. The Labute approximate surface area is 168 Å². The number of nitrogens with one attached hydrogen (secondary N) is 1. The van der Waals surface area contributed by atoms with E-state index in [1.54, 1.807) is 10.7 Å². The largest absolute Gasteiger partial charge is 0.418 e. The third kappa shape index (κ3) is 5.29. The summed E-state index contributed by atoms with van der Waals surface area (Å²) >= 11 is 0. The molecule has 6 nitrogen and oxygen atoms in total. The van der Waals surface area contributed by atoms with E-state index in [-0.39, 0.29) is 12.1 Å². The number of alkyl halides is 3. The first-order valence-electron chi connectivity index (χ1n) is 9.59. The molecule has 158 valence electrons. The first-order valence-corrected chi connectivity index (χ1v) is 9.59. The van der Waals surface area contributed by atoms with E-state index in [9.17, 15) is 18.0 Å². The number of benzene rings is 1. The molecule has 0 atom stereocenters. The van der Waals surface area contributed by atoms with Gasteiger partial charge in [0.05, 0.1) is 16.9 Å². The predicted octanol–water partition coefficient (Wildman–Crippen LogP) is 3.30. The highest BCUT2D eigenvalue weighted by molar-refractivity contribution is 5.92. The van der Waals surface area contributed by atoms with Crippen molar-refractivity contribution in [1.29, 1.82) is 0 Å². The Hall–Kier alpha value is -2.55. The fraction of sp³-hybridized carbons (Fsp3) is 0.500. The molecule has 29 heavy (non-hydrogen) atoms. The number of amides is 1. The van der Waals surface area contributed by atoms with Crippen LogP contribution in [0.5, 0.6) is 0 Å². The summed E-state index contributed by atoms with van der Waals surface area (Å²) < 4.78 is 42.5. The van der Waals surface area contributed by atoms with Gasteiger partial charge in [0.1, 0.15) is 0 Å². The number of likely N-dealkylation sites (N-methyl/N-ethyl adjacent to an activating group) is 1. The molecule has 1 fully saturated rings. The molecule has 1 aromatic carbocycles. The smallest absolute Gasteiger partial charge is 0.369 e. The van der Waals surface area contributed by atoms with Gasteiger partial charge < -0.3 is 15.1 Å². The van der Waals surface area contributed by atoms with Crippen LogP contribution in [0.1, 0.15) is 23.4 Å². The summed E-state index contributed by atoms with van der Waals surface area (Å²) in [6, 6.07) is 5.99. The molecule has 3 rings (SSSR count). The number of carbonyl (C=O) groups is 1. The van der Waals surface area contributed by atoms with E-state index in [1.807, 2.05) is 31.9 Å². The minimum atomic E-state index is -4.55. The van der Waals surface area contributed by atoms with Crippen LogP contribution in [0.15, 0.2) is 24.3 Å². The molecule has 2 heterocycles. The summed E-state index contributed by atoms with van der Waals surface area (Å²) in [5.74, 6) is -0.476. The third-order valence-electron chi connectivity index (χ3n) is 5.11. The Morgan fingerprint density at radius 1 is 1.14 bits per heavy atom. The maximum absolute atomic E-state index is 13.6. The first kappa shape index (κ1) is 21.2. The maximum atomic E-state index is 13.6. The van der Waals surface area contributed by atoms with E-state index in [0.29, 0.717) is 25.3 Å². The van der Waals surface area contributed by atoms with E-state index in [2.05, 4.69) is 15.3 Å². The quantitative estimate of drug-likeness (QED) is 0.823. The van der Waals surface area contributed by atoms with Gasteiger partial charge >= 0.3 is 6.18 Å². The molecule has 0 spiro atoms. The van der Waals surface area contributed by atoms with Gasteiger partial charge in [-0.05, 0) is 45.2 Å². The average molecular weight is 409 g/mol. The van der Waals surface area contributed by atoms with Gasteiger partial charge in [0.15, 0.2) is 0 Å². The molecule has 1 N–H and O–H groups in total. The average Bonchev–Trinajstić information content (AvgIpc) is 2.97. The molecule has 0 bridgehead atoms. The molecule has 1 aliphatic rings. The minimum absolute atomic E-state index is 0.0411. The van der Waals surface area contributed by atoms with Gasteiger partial charge in [-0.25, -0.2) is 0 Å². The number of anilines is 2. The fourth-order valence-electron chi connectivity index (χ4n) is 3.46. The molecule has 0 aliphatic carbocycles. The monoisotopic (exact) mass is 409 g/mol. The SMILES string of the molecule is Cc1cc(C)n(CCC(=O)Nc2ccc(N3CCN(C)CC3)cc2C(F)(F)F)n1. The molecule has 1 saturated heterocycles. The molecular formula is C20H26F3N5O. The molecule has 1 aliphatic heterocycles. The highest BCUT2D eigenvalue weighted by Crippen LogP contribution is 2.37. The second kappa shape index (κ2) is 8.44.